The predicted molar refractivity (Wildman–Crippen MR) is 84.5 cm³/mol. The summed E-state index contributed by atoms with van der Waals surface area (Å²) in [4.78, 5) is 2.67. The lowest BCUT2D eigenvalue weighted by Crippen LogP contribution is -2.62. The van der Waals surface area contributed by atoms with Crippen LogP contribution in [0.3, 0.4) is 0 Å². The Morgan fingerprint density at radius 1 is 1.10 bits per heavy atom. The van der Waals surface area contributed by atoms with Crippen LogP contribution in [0.1, 0.15) is 50.2 Å². The van der Waals surface area contributed by atoms with E-state index in [0.29, 0.717) is 11.6 Å². The Morgan fingerprint density at radius 3 is 2.75 bits per heavy atom. The Labute approximate surface area is 122 Å². The molecule has 2 fully saturated rings. The first kappa shape index (κ1) is 12.7. The minimum Gasteiger partial charge on any atom is -0.366 e. The lowest BCUT2D eigenvalue weighted by atomic mass is 9.92. The summed E-state index contributed by atoms with van der Waals surface area (Å²) in [6.45, 7) is 4.70. The molecule has 1 N–H and O–H groups in total. The SMILES string of the molecule is CC1CNC2(CCCC2)CN1c1ccc2c(c1)CCC2. The van der Waals surface area contributed by atoms with Crippen LogP contribution in [0.2, 0.25) is 0 Å². The number of aryl methyl sites for hydroxylation is 2. The first-order valence-corrected chi connectivity index (χ1v) is 8.39. The molecule has 1 saturated carbocycles. The number of piperazine rings is 1. The average Bonchev–Trinajstić information content (AvgIpc) is 3.10. The highest BCUT2D eigenvalue weighted by atomic mass is 15.3. The molecule has 108 valence electrons. The molecule has 20 heavy (non-hydrogen) atoms. The van der Waals surface area contributed by atoms with E-state index in [4.69, 9.17) is 0 Å². The lowest BCUT2D eigenvalue weighted by Gasteiger charge is -2.46. The van der Waals surface area contributed by atoms with Crippen LogP contribution in [0.4, 0.5) is 5.69 Å². The van der Waals surface area contributed by atoms with Crippen LogP contribution in [0, 0.1) is 0 Å². The smallest absolute Gasteiger partial charge is 0.0387 e. The molecule has 1 aliphatic heterocycles. The third-order valence-corrected chi connectivity index (χ3v) is 5.75. The van der Waals surface area contributed by atoms with Gasteiger partial charge in [-0.25, -0.2) is 0 Å². The van der Waals surface area contributed by atoms with Crippen LogP contribution in [0.15, 0.2) is 18.2 Å². The molecule has 1 spiro atoms. The zero-order chi connectivity index (χ0) is 13.6. The van der Waals surface area contributed by atoms with Crippen molar-refractivity contribution in [1.82, 2.24) is 5.32 Å². The molecule has 1 aromatic rings. The molecule has 1 heterocycles. The fourth-order valence-corrected chi connectivity index (χ4v) is 4.48. The molecule has 0 bridgehead atoms. The van der Waals surface area contributed by atoms with Crippen molar-refractivity contribution in [3.05, 3.63) is 29.3 Å². The van der Waals surface area contributed by atoms with Crippen LogP contribution < -0.4 is 10.2 Å². The van der Waals surface area contributed by atoms with Crippen LogP contribution >= 0.6 is 0 Å². The maximum Gasteiger partial charge on any atom is 0.0387 e. The third kappa shape index (κ3) is 2.05. The topological polar surface area (TPSA) is 15.3 Å². The summed E-state index contributed by atoms with van der Waals surface area (Å²) in [6.07, 6.45) is 9.45. The van der Waals surface area contributed by atoms with Gasteiger partial charge in [-0.1, -0.05) is 18.9 Å². The van der Waals surface area contributed by atoms with E-state index in [0.717, 1.165) is 6.54 Å². The zero-order valence-corrected chi connectivity index (χ0v) is 12.6. The number of hydrogen-bond donors (Lipinski definition) is 1. The molecule has 2 aliphatic carbocycles. The van der Waals surface area contributed by atoms with E-state index in [-0.39, 0.29) is 0 Å². The van der Waals surface area contributed by atoms with Gasteiger partial charge in [-0.05, 0) is 62.3 Å². The summed E-state index contributed by atoms with van der Waals surface area (Å²) >= 11 is 0. The number of benzene rings is 1. The van der Waals surface area contributed by atoms with Gasteiger partial charge in [-0.3, -0.25) is 0 Å². The van der Waals surface area contributed by atoms with Crippen molar-refractivity contribution in [3.8, 4) is 0 Å². The van der Waals surface area contributed by atoms with E-state index in [1.54, 1.807) is 11.1 Å². The van der Waals surface area contributed by atoms with Gasteiger partial charge >= 0.3 is 0 Å². The van der Waals surface area contributed by atoms with Crippen LogP contribution in [0.25, 0.3) is 0 Å². The Kier molecular flexibility index (Phi) is 3.03. The fourth-order valence-electron chi connectivity index (χ4n) is 4.48. The van der Waals surface area contributed by atoms with E-state index in [1.807, 2.05) is 0 Å². The minimum absolute atomic E-state index is 0.408. The van der Waals surface area contributed by atoms with E-state index < -0.39 is 0 Å². The molecule has 1 aromatic carbocycles. The predicted octanol–water partition coefficient (Wildman–Crippen LogP) is 3.29. The molecule has 1 saturated heterocycles. The van der Waals surface area contributed by atoms with Crippen LogP contribution in [-0.4, -0.2) is 24.7 Å². The van der Waals surface area contributed by atoms with Crippen molar-refractivity contribution in [3.63, 3.8) is 0 Å². The highest BCUT2D eigenvalue weighted by Gasteiger charge is 2.40. The van der Waals surface area contributed by atoms with Gasteiger partial charge in [0.1, 0.15) is 0 Å². The van der Waals surface area contributed by atoms with Crippen LogP contribution in [0.5, 0.6) is 0 Å². The molecule has 1 atom stereocenters. The molecule has 0 aromatic heterocycles. The fraction of sp³-hybridized carbons (Fsp3) is 0.667. The summed E-state index contributed by atoms with van der Waals surface area (Å²) in [6, 6.07) is 7.84. The van der Waals surface area contributed by atoms with Gasteiger partial charge in [0.15, 0.2) is 0 Å². The van der Waals surface area contributed by atoms with Gasteiger partial charge in [-0.2, -0.15) is 0 Å². The maximum atomic E-state index is 3.85. The van der Waals surface area contributed by atoms with Gasteiger partial charge in [0.05, 0.1) is 0 Å². The van der Waals surface area contributed by atoms with E-state index >= 15 is 0 Å². The Morgan fingerprint density at radius 2 is 1.90 bits per heavy atom. The summed E-state index contributed by atoms with van der Waals surface area (Å²) in [5.41, 5.74) is 5.07. The zero-order valence-electron chi connectivity index (χ0n) is 12.6. The van der Waals surface area contributed by atoms with Crippen molar-refractivity contribution in [2.45, 2.75) is 63.5 Å². The molecule has 0 radical (unpaired) electrons. The van der Waals surface area contributed by atoms with Crippen molar-refractivity contribution < 1.29 is 0 Å². The average molecular weight is 270 g/mol. The Bertz CT molecular complexity index is 502. The van der Waals surface area contributed by atoms with Gasteiger partial charge in [0, 0.05) is 30.4 Å². The first-order valence-electron chi connectivity index (χ1n) is 8.39. The number of nitrogens with zero attached hydrogens (tertiary/aromatic N) is 1. The molecule has 2 heteroatoms. The summed E-state index contributed by atoms with van der Waals surface area (Å²) in [5, 5.41) is 3.85. The maximum absolute atomic E-state index is 3.85. The van der Waals surface area contributed by atoms with Gasteiger partial charge in [0.2, 0.25) is 0 Å². The highest BCUT2D eigenvalue weighted by Crippen LogP contribution is 2.36. The summed E-state index contributed by atoms with van der Waals surface area (Å²) in [7, 11) is 0. The van der Waals surface area contributed by atoms with Crippen LogP contribution in [-0.2, 0) is 12.8 Å². The van der Waals surface area contributed by atoms with Crippen molar-refractivity contribution >= 4 is 5.69 Å². The van der Waals surface area contributed by atoms with Gasteiger partial charge in [-0.15, -0.1) is 0 Å². The number of fused-ring (bicyclic) bond motifs is 1. The normalized spacial score (nSPS) is 28.1. The van der Waals surface area contributed by atoms with Gasteiger partial charge < -0.3 is 10.2 Å². The highest BCUT2D eigenvalue weighted by molar-refractivity contribution is 5.54. The molecule has 0 amide bonds. The van der Waals surface area contributed by atoms with E-state index in [2.05, 4.69) is 35.3 Å². The van der Waals surface area contributed by atoms with Crippen molar-refractivity contribution in [2.75, 3.05) is 18.0 Å². The third-order valence-electron chi connectivity index (χ3n) is 5.75. The lowest BCUT2D eigenvalue weighted by molar-refractivity contribution is 0.276. The second-order valence-corrected chi connectivity index (χ2v) is 7.15. The monoisotopic (exact) mass is 270 g/mol. The number of hydrogen-bond acceptors (Lipinski definition) is 2. The van der Waals surface area contributed by atoms with E-state index in [1.165, 1.54) is 57.2 Å². The number of anilines is 1. The molecule has 2 nitrogen and oxygen atoms in total. The minimum atomic E-state index is 0.408. The summed E-state index contributed by atoms with van der Waals surface area (Å²) in [5.74, 6) is 0. The quantitative estimate of drug-likeness (QED) is 0.842. The molecule has 3 aliphatic rings. The van der Waals surface area contributed by atoms with Crippen molar-refractivity contribution in [2.24, 2.45) is 0 Å². The Balaban J connectivity index is 1.62. The summed E-state index contributed by atoms with van der Waals surface area (Å²) < 4.78 is 0. The second kappa shape index (κ2) is 4.77. The molecule has 4 rings (SSSR count). The van der Waals surface area contributed by atoms with E-state index in [9.17, 15) is 0 Å². The van der Waals surface area contributed by atoms with Crippen molar-refractivity contribution in [1.29, 1.82) is 0 Å². The standard InChI is InChI=1S/C18H26N2/c1-14-12-19-18(9-2-3-10-18)13-20(14)17-8-7-15-5-4-6-16(15)11-17/h7-8,11,14,19H,2-6,9-10,12-13H2,1H3. The molecular formula is C18H26N2. The number of nitrogens with one attached hydrogen (secondary N) is 1. The van der Waals surface area contributed by atoms with Gasteiger partial charge in [0.25, 0.3) is 0 Å². The first-order chi connectivity index (χ1) is 9.76. The molecular weight excluding hydrogens is 244 g/mol. The largest absolute Gasteiger partial charge is 0.366 e. The number of rotatable bonds is 1. The molecule has 1 unspecified atom stereocenters. The second-order valence-electron chi connectivity index (χ2n) is 7.15. The Hall–Kier alpha value is -1.02.